The van der Waals surface area contributed by atoms with E-state index in [1.165, 1.54) is 4.90 Å². The summed E-state index contributed by atoms with van der Waals surface area (Å²) in [7, 11) is -4.54. The first-order valence-electron chi connectivity index (χ1n) is 3.66. The van der Waals surface area contributed by atoms with Crippen molar-refractivity contribution in [2.45, 2.75) is 18.6 Å². The molecule has 0 spiro atoms. The molecule has 1 saturated heterocycles. The molecular weight excluding hydrogens is 185 g/mol. The Labute approximate surface area is 70.6 Å². The fraction of sp³-hybridized carbons (Fsp3) is 0.833. The Balaban J connectivity index is 2.73. The predicted octanol–water partition coefficient (Wildman–Crippen LogP) is -0.0935. The molecule has 0 aliphatic carbocycles. The summed E-state index contributed by atoms with van der Waals surface area (Å²) in [6, 6.07) is 0. The molecule has 0 N–H and O–H groups in total. The molecule has 0 aromatic heterocycles. The van der Waals surface area contributed by atoms with Gasteiger partial charge in [-0.05, 0) is 6.92 Å². The Hall–Kier alpha value is -0.650. The van der Waals surface area contributed by atoms with Crippen LogP contribution < -0.4 is 0 Å². The third-order valence-corrected chi connectivity index (χ3v) is 3.07. The van der Waals surface area contributed by atoms with Gasteiger partial charge in [-0.3, -0.25) is 4.79 Å². The second kappa shape index (κ2) is 3.01. The van der Waals surface area contributed by atoms with E-state index >= 15 is 0 Å². The van der Waals surface area contributed by atoms with Crippen molar-refractivity contribution in [3.05, 3.63) is 0 Å². The highest BCUT2D eigenvalue weighted by Gasteiger charge is 2.37. The van der Waals surface area contributed by atoms with Crippen LogP contribution in [0.4, 0.5) is 3.89 Å². The minimum Gasteiger partial charge on any atom is -0.342 e. The zero-order valence-corrected chi connectivity index (χ0v) is 7.47. The Bertz CT molecular complexity index is 287. The van der Waals surface area contributed by atoms with Crippen LogP contribution in [0.5, 0.6) is 0 Å². The molecule has 1 unspecified atom stereocenters. The molecule has 6 heteroatoms. The van der Waals surface area contributed by atoms with Gasteiger partial charge in [-0.2, -0.15) is 8.42 Å². The minimum atomic E-state index is -4.54. The van der Waals surface area contributed by atoms with Gasteiger partial charge in [-0.25, -0.2) is 0 Å². The number of hydrogen-bond acceptors (Lipinski definition) is 3. The van der Waals surface area contributed by atoms with E-state index in [4.69, 9.17) is 0 Å². The molecule has 0 radical (unpaired) electrons. The highest BCUT2D eigenvalue weighted by molar-refractivity contribution is 7.87. The van der Waals surface area contributed by atoms with Crippen LogP contribution in [-0.2, 0) is 15.0 Å². The number of amides is 1. The zero-order valence-electron chi connectivity index (χ0n) is 6.66. The average Bonchev–Trinajstić information content (AvgIpc) is 2.29. The first kappa shape index (κ1) is 9.44. The molecule has 0 saturated carbocycles. The number of rotatable bonds is 2. The number of carbonyl (C=O) groups is 1. The van der Waals surface area contributed by atoms with Crippen LogP contribution in [0.15, 0.2) is 0 Å². The van der Waals surface area contributed by atoms with Gasteiger partial charge in [0.2, 0.25) is 5.91 Å². The van der Waals surface area contributed by atoms with E-state index in [0.29, 0.717) is 6.54 Å². The van der Waals surface area contributed by atoms with Gasteiger partial charge in [0, 0.05) is 19.5 Å². The van der Waals surface area contributed by atoms with Crippen LogP contribution in [0, 0.1) is 0 Å². The third kappa shape index (κ3) is 1.74. The van der Waals surface area contributed by atoms with Gasteiger partial charge in [0.15, 0.2) is 0 Å². The van der Waals surface area contributed by atoms with Crippen LogP contribution in [0.3, 0.4) is 0 Å². The topological polar surface area (TPSA) is 54.5 Å². The normalized spacial score (nSPS) is 25.0. The molecule has 1 heterocycles. The molecule has 70 valence electrons. The van der Waals surface area contributed by atoms with Gasteiger partial charge < -0.3 is 4.90 Å². The van der Waals surface area contributed by atoms with Crippen molar-refractivity contribution in [3.8, 4) is 0 Å². The maximum Gasteiger partial charge on any atom is 0.307 e. The van der Waals surface area contributed by atoms with Crippen molar-refractivity contribution >= 4 is 16.1 Å². The molecule has 0 bridgehead atoms. The third-order valence-electron chi connectivity index (χ3n) is 1.96. The zero-order chi connectivity index (χ0) is 9.35. The average molecular weight is 195 g/mol. The van der Waals surface area contributed by atoms with Gasteiger partial charge in [-0.15, -0.1) is 3.89 Å². The standard InChI is InChI=1S/C6H10FNO3S/c1-2-8-4-5(3-6(8)9)12(7,10)11/h5H,2-4H2,1H3. The fourth-order valence-electron chi connectivity index (χ4n) is 1.23. The second-order valence-corrected chi connectivity index (χ2v) is 4.35. The summed E-state index contributed by atoms with van der Waals surface area (Å²) >= 11 is 0. The van der Waals surface area contributed by atoms with Gasteiger partial charge in [0.1, 0.15) is 5.25 Å². The van der Waals surface area contributed by atoms with Crippen molar-refractivity contribution in [3.63, 3.8) is 0 Å². The summed E-state index contributed by atoms with van der Waals surface area (Å²) in [5, 5.41) is -1.15. The number of carbonyl (C=O) groups excluding carboxylic acids is 1. The number of hydrogen-bond donors (Lipinski definition) is 0. The van der Waals surface area contributed by atoms with Crippen LogP contribution in [0.1, 0.15) is 13.3 Å². The van der Waals surface area contributed by atoms with E-state index < -0.39 is 15.5 Å². The van der Waals surface area contributed by atoms with Crippen LogP contribution in [0.2, 0.25) is 0 Å². The van der Waals surface area contributed by atoms with Crippen molar-refractivity contribution < 1.29 is 17.1 Å². The van der Waals surface area contributed by atoms with E-state index in [9.17, 15) is 17.1 Å². The number of nitrogens with zero attached hydrogens (tertiary/aromatic N) is 1. The monoisotopic (exact) mass is 195 g/mol. The second-order valence-electron chi connectivity index (χ2n) is 2.73. The first-order chi connectivity index (χ1) is 5.45. The lowest BCUT2D eigenvalue weighted by molar-refractivity contribution is -0.127. The molecule has 1 rings (SSSR count). The van der Waals surface area contributed by atoms with E-state index in [-0.39, 0.29) is 18.9 Å². The summed E-state index contributed by atoms with van der Waals surface area (Å²) < 4.78 is 33.2. The Morgan fingerprint density at radius 1 is 1.67 bits per heavy atom. The molecule has 12 heavy (non-hydrogen) atoms. The van der Waals surface area contributed by atoms with E-state index in [1.54, 1.807) is 6.92 Å². The number of halogens is 1. The fourth-order valence-corrected chi connectivity index (χ4v) is 1.93. The van der Waals surface area contributed by atoms with Crippen LogP contribution >= 0.6 is 0 Å². The van der Waals surface area contributed by atoms with Crippen molar-refractivity contribution in [1.82, 2.24) is 4.90 Å². The van der Waals surface area contributed by atoms with Gasteiger partial charge in [0.05, 0.1) is 0 Å². The molecule has 1 atom stereocenters. The lowest BCUT2D eigenvalue weighted by atomic mass is 10.4. The Kier molecular flexibility index (Phi) is 2.36. The molecule has 1 amide bonds. The van der Waals surface area contributed by atoms with E-state index in [0.717, 1.165) is 0 Å². The van der Waals surface area contributed by atoms with Crippen LogP contribution in [-0.4, -0.2) is 37.6 Å². The van der Waals surface area contributed by atoms with Gasteiger partial charge in [0.25, 0.3) is 0 Å². The maximum absolute atomic E-state index is 12.4. The molecule has 4 nitrogen and oxygen atoms in total. The van der Waals surface area contributed by atoms with Gasteiger partial charge in [-0.1, -0.05) is 0 Å². The molecule has 0 aromatic carbocycles. The highest BCUT2D eigenvalue weighted by Crippen LogP contribution is 2.18. The van der Waals surface area contributed by atoms with E-state index in [2.05, 4.69) is 0 Å². The van der Waals surface area contributed by atoms with E-state index in [1.807, 2.05) is 0 Å². The van der Waals surface area contributed by atoms with Crippen molar-refractivity contribution in [1.29, 1.82) is 0 Å². The molecule has 1 aliphatic heterocycles. The van der Waals surface area contributed by atoms with Crippen molar-refractivity contribution in [2.24, 2.45) is 0 Å². The maximum atomic E-state index is 12.4. The summed E-state index contributed by atoms with van der Waals surface area (Å²) in [6.45, 7) is 2.16. The Morgan fingerprint density at radius 2 is 2.25 bits per heavy atom. The molecule has 0 aromatic rings. The summed E-state index contributed by atoms with van der Waals surface area (Å²) in [6.07, 6.45) is -0.216. The summed E-state index contributed by atoms with van der Waals surface area (Å²) in [5.41, 5.74) is 0. The summed E-state index contributed by atoms with van der Waals surface area (Å²) in [4.78, 5) is 12.3. The van der Waals surface area contributed by atoms with Crippen LogP contribution in [0.25, 0.3) is 0 Å². The highest BCUT2D eigenvalue weighted by atomic mass is 32.3. The lowest BCUT2D eigenvalue weighted by Crippen LogP contribution is -2.26. The smallest absolute Gasteiger partial charge is 0.307 e. The molecular formula is C6H10FNO3S. The number of likely N-dealkylation sites (tertiary alicyclic amines) is 1. The Morgan fingerprint density at radius 3 is 2.50 bits per heavy atom. The molecule has 1 aliphatic rings. The van der Waals surface area contributed by atoms with Gasteiger partial charge >= 0.3 is 10.2 Å². The predicted molar refractivity (Wildman–Crippen MR) is 40.7 cm³/mol. The lowest BCUT2D eigenvalue weighted by Gasteiger charge is -2.11. The molecule has 1 fully saturated rings. The summed E-state index contributed by atoms with van der Waals surface area (Å²) in [5.74, 6) is -0.288. The minimum absolute atomic E-state index is 0.00579. The first-order valence-corrected chi connectivity index (χ1v) is 5.11. The van der Waals surface area contributed by atoms with Crippen molar-refractivity contribution in [2.75, 3.05) is 13.1 Å². The SMILES string of the molecule is CCN1CC(S(=O)(=O)F)CC1=O. The largest absolute Gasteiger partial charge is 0.342 e. The quantitative estimate of drug-likeness (QED) is 0.578.